The number of hydrogen-bond donors (Lipinski definition) is 1. The molecule has 1 unspecified atom stereocenters. The van der Waals surface area contributed by atoms with Gasteiger partial charge in [0.25, 0.3) is 0 Å². The van der Waals surface area contributed by atoms with Crippen LogP contribution in [0.1, 0.15) is 42.8 Å². The molecule has 1 atom stereocenters. The van der Waals surface area contributed by atoms with Gasteiger partial charge in [-0.3, -0.25) is 0 Å². The highest BCUT2D eigenvalue weighted by Gasteiger charge is 2.20. The lowest BCUT2D eigenvalue weighted by molar-refractivity contribution is 0.253. The largest absolute Gasteiger partial charge is 0.330 e. The van der Waals surface area contributed by atoms with Gasteiger partial charge in [0, 0.05) is 17.7 Å². The molecule has 4 heteroatoms. The highest BCUT2D eigenvalue weighted by Crippen LogP contribution is 2.29. The summed E-state index contributed by atoms with van der Waals surface area (Å²) in [4.78, 5) is 7.25. The Bertz CT molecular complexity index is 356. The number of nitrogens with zero attached hydrogens (tertiary/aromatic N) is 2. The smallest absolute Gasteiger partial charge is 0.0931 e. The molecular formula is C14H25N3S. The van der Waals surface area contributed by atoms with Crippen molar-refractivity contribution in [2.75, 3.05) is 26.7 Å². The fourth-order valence-corrected chi connectivity index (χ4v) is 3.64. The molecule has 1 aromatic heterocycles. The van der Waals surface area contributed by atoms with E-state index in [1.807, 2.05) is 11.3 Å². The second-order valence-electron chi connectivity index (χ2n) is 5.63. The third-order valence-corrected chi connectivity index (χ3v) is 4.78. The van der Waals surface area contributed by atoms with Crippen LogP contribution in [-0.4, -0.2) is 36.6 Å². The van der Waals surface area contributed by atoms with Gasteiger partial charge in [0.2, 0.25) is 0 Å². The van der Waals surface area contributed by atoms with Crippen LogP contribution < -0.4 is 5.73 Å². The quantitative estimate of drug-likeness (QED) is 0.891. The molecule has 0 bridgehead atoms. The first-order valence-electron chi connectivity index (χ1n) is 7.02. The van der Waals surface area contributed by atoms with Gasteiger partial charge in [0.1, 0.15) is 0 Å². The van der Waals surface area contributed by atoms with Crippen LogP contribution >= 0.6 is 11.3 Å². The zero-order valence-corrected chi connectivity index (χ0v) is 12.4. The molecule has 1 saturated heterocycles. The van der Waals surface area contributed by atoms with E-state index in [1.54, 1.807) is 0 Å². The molecule has 18 heavy (non-hydrogen) atoms. The second-order valence-corrected chi connectivity index (χ2v) is 6.57. The lowest BCUT2D eigenvalue weighted by atomic mass is 9.94. The summed E-state index contributed by atoms with van der Waals surface area (Å²) in [7, 11) is 2.21. The van der Waals surface area contributed by atoms with Gasteiger partial charge in [-0.1, -0.05) is 6.92 Å². The first kappa shape index (κ1) is 14.0. The van der Waals surface area contributed by atoms with Crippen molar-refractivity contribution in [2.45, 2.75) is 38.5 Å². The number of likely N-dealkylation sites (tertiary alicyclic amines) is 1. The average Bonchev–Trinajstić information content (AvgIpc) is 2.78. The van der Waals surface area contributed by atoms with E-state index >= 15 is 0 Å². The molecule has 1 aliphatic heterocycles. The Hall–Kier alpha value is -0.450. The highest BCUT2D eigenvalue weighted by molar-refractivity contribution is 7.09. The Balaban J connectivity index is 1.89. The van der Waals surface area contributed by atoms with Crippen LogP contribution in [0, 0.1) is 5.92 Å². The van der Waals surface area contributed by atoms with Gasteiger partial charge < -0.3 is 10.6 Å². The maximum absolute atomic E-state index is 5.60. The Kier molecular flexibility index (Phi) is 5.15. The van der Waals surface area contributed by atoms with Gasteiger partial charge in [0.15, 0.2) is 0 Å². The average molecular weight is 267 g/mol. The number of hydrogen-bond acceptors (Lipinski definition) is 4. The van der Waals surface area contributed by atoms with Crippen molar-refractivity contribution in [2.24, 2.45) is 11.7 Å². The summed E-state index contributed by atoms with van der Waals surface area (Å²) < 4.78 is 0. The van der Waals surface area contributed by atoms with Crippen molar-refractivity contribution in [3.05, 3.63) is 16.1 Å². The van der Waals surface area contributed by atoms with Crippen LogP contribution in [0.4, 0.5) is 0 Å². The van der Waals surface area contributed by atoms with E-state index in [1.165, 1.54) is 36.6 Å². The van der Waals surface area contributed by atoms with Crippen LogP contribution in [0.3, 0.4) is 0 Å². The SMILES string of the molecule is CC(CCN)Cc1nc(C2CCN(C)CC2)cs1. The first-order chi connectivity index (χ1) is 8.69. The summed E-state index contributed by atoms with van der Waals surface area (Å²) in [6, 6.07) is 0. The van der Waals surface area contributed by atoms with Gasteiger partial charge in [0.05, 0.1) is 10.7 Å². The van der Waals surface area contributed by atoms with E-state index < -0.39 is 0 Å². The maximum atomic E-state index is 5.60. The van der Waals surface area contributed by atoms with Crippen LogP contribution in [0.5, 0.6) is 0 Å². The molecule has 1 fully saturated rings. The summed E-state index contributed by atoms with van der Waals surface area (Å²) in [5.74, 6) is 1.35. The summed E-state index contributed by atoms with van der Waals surface area (Å²) in [6.07, 6.45) is 4.72. The van der Waals surface area contributed by atoms with Crippen molar-refractivity contribution >= 4 is 11.3 Å². The lowest BCUT2D eigenvalue weighted by Gasteiger charge is -2.27. The third kappa shape index (κ3) is 3.77. The van der Waals surface area contributed by atoms with E-state index in [9.17, 15) is 0 Å². The zero-order valence-electron chi connectivity index (χ0n) is 11.6. The fourth-order valence-electron chi connectivity index (χ4n) is 2.60. The molecule has 1 aliphatic rings. The topological polar surface area (TPSA) is 42.1 Å². The van der Waals surface area contributed by atoms with E-state index in [0.717, 1.165) is 19.4 Å². The van der Waals surface area contributed by atoms with Crippen molar-refractivity contribution < 1.29 is 0 Å². The first-order valence-corrected chi connectivity index (χ1v) is 7.90. The molecule has 3 nitrogen and oxygen atoms in total. The molecule has 0 spiro atoms. The Labute approximate surface area is 114 Å². The van der Waals surface area contributed by atoms with E-state index in [0.29, 0.717) is 11.8 Å². The predicted molar refractivity (Wildman–Crippen MR) is 78.1 cm³/mol. The van der Waals surface area contributed by atoms with Gasteiger partial charge in [-0.25, -0.2) is 4.98 Å². The Morgan fingerprint density at radius 2 is 2.22 bits per heavy atom. The van der Waals surface area contributed by atoms with Gasteiger partial charge >= 0.3 is 0 Å². The molecule has 0 amide bonds. The molecule has 0 aliphatic carbocycles. The monoisotopic (exact) mass is 267 g/mol. The maximum Gasteiger partial charge on any atom is 0.0931 e. The second kappa shape index (κ2) is 6.64. The van der Waals surface area contributed by atoms with Crippen LogP contribution in [0.15, 0.2) is 5.38 Å². The van der Waals surface area contributed by atoms with Gasteiger partial charge in [-0.2, -0.15) is 0 Å². The normalized spacial score (nSPS) is 20.2. The molecule has 0 saturated carbocycles. The van der Waals surface area contributed by atoms with Crippen LogP contribution in [0.25, 0.3) is 0 Å². The molecule has 2 rings (SSSR count). The van der Waals surface area contributed by atoms with Crippen molar-refractivity contribution in [1.82, 2.24) is 9.88 Å². The fraction of sp³-hybridized carbons (Fsp3) is 0.786. The lowest BCUT2D eigenvalue weighted by Crippen LogP contribution is -2.29. The summed E-state index contributed by atoms with van der Waals surface area (Å²) >= 11 is 1.83. The minimum atomic E-state index is 0.659. The van der Waals surface area contributed by atoms with E-state index in [-0.39, 0.29) is 0 Å². The third-order valence-electron chi connectivity index (χ3n) is 3.89. The number of thiazole rings is 1. The molecule has 0 aromatic carbocycles. The molecule has 1 aromatic rings. The number of piperidine rings is 1. The van der Waals surface area contributed by atoms with E-state index in [2.05, 4.69) is 24.3 Å². The number of aromatic nitrogens is 1. The predicted octanol–water partition coefficient (Wildman–Crippen LogP) is 2.48. The molecule has 2 N–H and O–H groups in total. The zero-order chi connectivity index (χ0) is 13.0. The molecule has 2 heterocycles. The summed E-state index contributed by atoms with van der Waals surface area (Å²) in [5, 5.41) is 3.57. The summed E-state index contributed by atoms with van der Waals surface area (Å²) in [6.45, 7) is 5.47. The molecular weight excluding hydrogens is 242 g/mol. The van der Waals surface area contributed by atoms with Crippen LogP contribution in [0.2, 0.25) is 0 Å². The highest BCUT2D eigenvalue weighted by atomic mass is 32.1. The van der Waals surface area contributed by atoms with Crippen molar-refractivity contribution in [3.8, 4) is 0 Å². The Morgan fingerprint density at radius 1 is 1.50 bits per heavy atom. The number of nitrogens with two attached hydrogens (primary N) is 1. The van der Waals surface area contributed by atoms with Gasteiger partial charge in [-0.15, -0.1) is 11.3 Å². The van der Waals surface area contributed by atoms with Crippen molar-refractivity contribution in [1.29, 1.82) is 0 Å². The minimum absolute atomic E-state index is 0.659. The molecule has 0 radical (unpaired) electrons. The molecule has 102 valence electrons. The standard InChI is InChI=1S/C14H25N3S/c1-11(3-6-15)9-14-16-13(10-18-14)12-4-7-17(2)8-5-12/h10-12H,3-9,15H2,1-2H3. The number of rotatable bonds is 5. The van der Waals surface area contributed by atoms with Crippen molar-refractivity contribution in [3.63, 3.8) is 0 Å². The Morgan fingerprint density at radius 3 is 2.89 bits per heavy atom. The summed E-state index contributed by atoms with van der Waals surface area (Å²) in [5.41, 5.74) is 6.93. The minimum Gasteiger partial charge on any atom is -0.330 e. The van der Waals surface area contributed by atoms with Gasteiger partial charge in [-0.05, 0) is 51.9 Å². The van der Waals surface area contributed by atoms with Crippen LogP contribution in [-0.2, 0) is 6.42 Å². The van der Waals surface area contributed by atoms with E-state index in [4.69, 9.17) is 10.7 Å².